The number of Topliss-reactive ketones (excluding diaryl/α,β-unsaturated/α-hetero) is 1. The molecular weight excluding hydrogens is 368 g/mol. The van der Waals surface area contributed by atoms with Gasteiger partial charge in [0.2, 0.25) is 0 Å². The summed E-state index contributed by atoms with van der Waals surface area (Å²) < 4.78 is 1.64. The molecule has 0 unspecified atom stereocenters. The van der Waals surface area contributed by atoms with Gasteiger partial charge in [-0.15, -0.1) is 11.3 Å². The van der Waals surface area contributed by atoms with Crippen molar-refractivity contribution in [2.45, 2.75) is 66.3 Å². The minimum Gasteiger partial charge on any atom is -0.300 e. The lowest BCUT2D eigenvalue weighted by Gasteiger charge is -2.19. The van der Waals surface area contributed by atoms with Gasteiger partial charge in [0.1, 0.15) is 16.4 Å². The third kappa shape index (κ3) is 3.81. The lowest BCUT2D eigenvalue weighted by molar-refractivity contribution is -0.117. The highest BCUT2D eigenvalue weighted by atomic mass is 32.1. The van der Waals surface area contributed by atoms with Crippen molar-refractivity contribution in [3.63, 3.8) is 0 Å². The van der Waals surface area contributed by atoms with Gasteiger partial charge in [0, 0.05) is 23.4 Å². The number of aryl methyl sites for hydroxylation is 2. The van der Waals surface area contributed by atoms with Crippen molar-refractivity contribution in [3.05, 3.63) is 50.9 Å². The second-order valence-corrected chi connectivity index (χ2v) is 9.41. The molecule has 0 saturated carbocycles. The average Bonchev–Trinajstić information content (AvgIpc) is 2.99. The summed E-state index contributed by atoms with van der Waals surface area (Å²) in [5, 5.41) is 0.680. The third-order valence-corrected chi connectivity index (χ3v) is 6.35. The molecule has 3 rings (SSSR count). The first-order valence-electron chi connectivity index (χ1n) is 9.76. The molecule has 2 aromatic heterocycles. The van der Waals surface area contributed by atoms with E-state index in [-0.39, 0.29) is 16.8 Å². The fourth-order valence-corrected chi connectivity index (χ4v) is 4.62. The minimum absolute atomic E-state index is 0.0467. The Morgan fingerprint density at radius 1 is 1.18 bits per heavy atom. The van der Waals surface area contributed by atoms with Gasteiger partial charge in [-0.25, -0.2) is 4.98 Å². The van der Waals surface area contributed by atoms with Crippen LogP contribution in [0.15, 0.2) is 29.1 Å². The Bertz CT molecular complexity index is 1080. The van der Waals surface area contributed by atoms with E-state index < -0.39 is 0 Å². The molecular formula is C23H28N2O2S. The number of hydrogen-bond donors (Lipinski definition) is 0. The number of carbonyl (C=O) groups is 1. The maximum atomic E-state index is 13.3. The van der Waals surface area contributed by atoms with E-state index in [2.05, 4.69) is 52.0 Å². The smallest absolute Gasteiger partial charge is 0.262 e. The van der Waals surface area contributed by atoms with Crippen molar-refractivity contribution < 1.29 is 4.79 Å². The van der Waals surface area contributed by atoms with E-state index in [9.17, 15) is 9.59 Å². The van der Waals surface area contributed by atoms with Crippen LogP contribution in [0.2, 0.25) is 0 Å². The number of nitrogens with zero attached hydrogens (tertiary/aromatic N) is 2. The highest BCUT2D eigenvalue weighted by molar-refractivity contribution is 7.19. The Kier molecular flexibility index (Phi) is 5.57. The summed E-state index contributed by atoms with van der Waals surface area (Å²) in [4.78, 5) is 31.4. The Morgan fingerprint density at radius 2 is 1.82 bits per heavy atom. The van der Waals surface area contributed by atoms with Crippen molar-refractivity contribution in [3.8, 4) is 11.1 Å². The zero-order valence-electron chi connectivity index (χ0n) is 17.5. The summed E-state index contributed by atoms with van der Waals surface area (Å²) in [7, 11) is 0. The molecule has 0 spiro atoms. The van der Waals surface area contributed by atoms with E-state index in [0.29, 0.717) is 24.2 Å². The Morgan fingerprint density at radius 3 is 2.36 bits per heavy atom. The molecule has 0 aliphatic heterocycles. The highest BCUT2D eigenvalue weighted by Gasteiger charge is 2.21. The number of carbonyl (C=O) groups excluding carboxylic acids is 1. The molecule has 0 aliphatic rings. The van der Waals surface area contributed by atoms with E-state index in [0.717, 1.165) is 22.4 Å². The van der Waals surface area contributed by atoms with E-state index in [1.165, 1.54) is 10.4 Å². The largest absolute Gasteiger partial charge is 0.300 e. The van der Waals surface area contributed by atoms with Gasteiger partial charge in [0.25, 0.3) is 5.56 Å². The van der Waals surface area contributed by atoms with Crippen LogP contribution in [0.3, 0.4) is 0 Å². The van der Waals surface area contributed by atoms with Crippen LogP contribution in [0, 0.1) is 6.92 Å². The maximum Gasteiger partial charge on any atom is 0.262 e. The molecule has 0 fully saturated rings. The zero-order valence-corrected chi connectivity index (χ0v) is 18.4. The van der Waals surface area contributed by atoms with Crippen LogP contribution in [-0.2, 0) is 23.2 Å². The van der Waals surface area contributed by atoms with Gasteiger partial charge < -0.3 is 0 Å². The number of thiophene rings is 1. The molecule has 2 heterocycles. The van der Waals surface area contributed by atoms with Crippen molar-refractivity contribution in [1.82, 2.24) is 9.55 Å². The lowest BCUT2D eigenvalue weighted by Crippen LogP contribution is -2.24. The van der Waals surface area contributed by atoms with E-state index in [1.54, 1.807) is 22.8 Å². The number of fused-ring (bicyclic) bond motifs is 1. The molecule has 5 heteroatoms. The van der Waals surface area contributed by atoms with Gasteiger partial charge in [-0.2, -0.15) is 0 Å². The fraction of sp³-hybridized carbons (Fsp3) is 0.435. The molecule has 1 aromatic carbocycles. The Hall–Kier alpha value is -2.27. The first kappa shape index (κ1) is 20.5. The summed E-state index contributed by atoms with van der Waals surface area (Å²) in [6, 6.07) is 8.52. The summed E-state index contributed by atoms with van der Waals surface area (Å²) in [5.41, 5.74) is 3.35. The summed E-state index contributed by atoms with van der Waals surface area (Å²) in [6.07, 6.45) is 1.19. The first-order chi connectivity index (χ1) is 13.1. The van der Waals surface area contributed by atoms with Crippen LogP contribution >= 0.6 is 11.3 Å². The van der Waals surface area contributed by atoms with Gasteiger partial charge in [-0.3, -0.25) is 14.2 Å². The van der Waals surface area contributed by atoms with Gasteiger partial charge >= 0.3 is 0 Å². The topological polar surface area (TPSA) is 52.0 Å². The summed E-state index contributed by atoms with van der Waals surface area (Å²) in [6.45, 7) is 12.5. The number of rotatable bonds is 5. The lowest BCUT2D eigenvalue weighted by atomic mass is 9.86. The van der Waals surface area contributed by atoms with E-state index >= 15 is 0 Å². The highest BCUT2D eigenvalue weighted by Crippen LogP contribution is 2.37. The van der Waals surface area contributed by atoms with Gasteiger partial charge in [-0.1, -0.05) is 52.0 Å². The SMILES string of the molecule is CCc1sc2nc(C)n(CCC(C)=O)c(=O)c2c1-c1ccc(C(C)(C)C)cc1. The molecule has 4 nitrogen and oxygen atoms in total. The van der Waals surface area contributed by atoms with Crippen LogP contribution in [0.4, 0.5) is 0 Å². The molecule has 0 saturated heterocycles. The van der Waals surface area contributed by atoms with Crippen LogP contribution < -0.4 is 5.56 Å². The standard InChI is InChI=1S/C23H28N2O2S/c1-7-18-19(16-8-10-17(11-9-16)23(4,5)6)20-21(28-18)24-15(3)25(22(20)27)13-12-14(2)26/h8-11H,7,12-13H2,1-6H3. The first-order valence-corrected chi connectivity index (χ1v) is 10.6. The van der Waals surface area contributed by atoms with Gasteiger partial charge in [-0.05, 0) is 36.8 Å². The minimum atomic E-state index is -0.0467. The molecule has 0 aliphatic carbocycles. The average molecular weight is 397 g/mol. The van der Waals surface area contributed by atoms with Crippen molar-refractivity contribution in [2.75, 3.05) is 0 Å². The maximum absolute atomic E-state index is 13.3. The summed E-state index contributed by atoms with van der Waals surface area (Å²) in [5.74, 6) is 0.737. The molecule has 0 radical (unpaired) electrons. The second-order valence-electron chi connectivity index (χ2n) is 8.33. The zero-order chi connectivity index (χ0) is 20.6. The van der Waals surface area contributed by atoms with Crippen LogP contribution in [0.5, 0.6) is 0 Å². The van der Waals surface area contributed by atoms with Crippen LogP contribution in [0.1, 0.15) is 57.3 Å². The number of benzene rings is 1. The van der Waals surface area contributed by atoms with Crippen LogP contribution in [0.25, 0.3) is 21.3 Å². The number of aromatic nitrogens is 2. The van der Waals surface area contributed by atoms with E-state index in [1.807, 2.05) is 6.92 Å². The quantitative estimate of drug-likeness (QED) is 0.590. The molecule has 28 heavy (non-hydrogen) atoms. The Balaban J connectivity index is 2.22. The van der Waals surface area contributed by atoms with Crippen molar-refractivity contribution >= 4 is 27.3 Å². The fourth-order valence-electron chi connectivity index (χ4n) is 3.46. The normalized spacial score (nSPS) is 11.9. The van der Waals surface area contributed by atoms with Crippen molar-refractivity contribution in [1.29, 1.82) is 0 Å². The molecule has 0 atom stereocenters. The third-order valence-electron chi connectivity index (χ3n) is 5.12. The van der Waals surface area contributed by atoms with Crippen LogP contribution in [-0.4, -0.2) is 15.3 Å². The predicted octanol–water partition coefficient (Wildman–Crippen LogP) is 5.27. The van der Waals surface area contributed by atoms with E-state index in [4.69, 9.17) is 4.98 Å². The molecule has 148 valence electrons. The number of ketones is 1. The van der Waals surface area contributed by atoms with Crippen molar-refractivity contribution in [2.24, 2.45) is 0 Å². The molecule has 3 aromatic rings. The number of hydrogen-bond acceptors (Lipinski definition) is 4. The second kappa shape index (κ2) is 7.63. The molecule has 0 bridgehead atoms. The van der Waals surface area contributed by atoms with Gasteiger partial charge in [0.05, 0.1) is 5.39 Å². The summed E-state index contributed by atoms with van der Waals surface area (Å²) >= 11 is 1.60. The Labute approximate surface area is 170 Å². The van der Waals surface area contributed by atoms with Gasteiger partial charge in [0.15, 0.2) is 0 Å². The predicted molar refractivity (Wildman–Crippen MR) is 117 cm³/mol. The molecule has 0 amide bonds. The monoisotopic (exact) mass is 396 g/mol. The molecule has 0 N–H and O–H groups in total.